The smallest absolute Gasteiger partial charge is 0.306 e. The van der Waals surface area contributed by atoms with Gasteiger partial charge in [-0.25, -0.2) is 0 Å². The van der Waals surface area contributed by atoms with Crippen molar-refractivity contribution in [2.75, 3.05) is 70.1 Å². The monoisotopic (exact) mass is 881 g/mol. The molecular weight excluding hydrogens is 815 g/mol. The van der Waals surface area contributed by atoms with Crippen molar-refractivity contribution in [3.63, 3.8) is 0 Å². The van der Waals surface area contributed by atoms with Gasteiger partial charge in [-0.05, 0) is 118 Å². The largest absolute Gasteiger partial charge is 0.464 e. The number of carbonyl (C=O) groups is 2. The molecule has 0 fully saturated rings. The highest BCUT2D eigenvalue weighted by Crippen LogP contribution is 2.55. The lowest BCUT2D eigenvalue weighted by molar-refractivity contribution is -0.151. The van der Waals surface area contributed by atoms with Gasteiger partial charge in [0.2, 0.25) is 5.72 Å². The maximum absolute atomic E-state index is 12.5. The molecule has 0 N–H and O–H groups in total. The number of esters is 2. The zero-order valence-electron chi connectivity index (χ0n) is 38.4. The second-order valence-electron chi connectivity index (χ2n) is 18.1. The van der Waals surface area contributed by atoms with Crippen LogP contribution in [0.5, 0.6) is 5.75 Å². The molecular formula is C49H67N3O8Si2. The number of aliphatic imine (C=N–C) groups is 1. The van der Waals surface area contributed by atoms with Gasteiger partial charge in [-0.15, -0.1) is 0 Å². The van der Waals surface area contributed by atoms with E-state index < -0.39 is 34.3 Å². The molecule has 2 aliphatic heterocycles. The summed E-state index contributed by atoms with van der Waals surface area (Å²) in [5.74, 6) is -0.0724. The van der Waals surface area contributed by atoms with Crippen LogP contribution in [0.1, 0.15) is 52.0 Å². The van der Waals surface area contributed by atoms with Gasteiger partial charge in [0.1, 0.15) is 18.9 Å². The van der Waals surface area contributed by atoms with Crippen molar-refractivity contribution in [2.24, 2.45) is 4.99 Å². The van der Waals surface area contributed by atoms with Crippen LogP contribution in [-0.2, 0) is 38.1 Å². The zero-order chi connectivity index (χ0) is 44.5. The maximum atomic E-state index is 12.5. The SMILES string of the molecule is CCN(CCOC(=O)CCC(=O)OCCOCCC[Si](C)(C)O[Si](C)(C)CCCOC)c1ccc(-c2cc3c(c4ccccc24)OC2(C=N3)N(C)c3ccccc3C2(C)C)cc1. The molecule has 4 aromatic rings. The van der Waals surface area contributed by atoms with Gasteiger partial charge >= 0.3 is 11.9 Å². The fourth-order valence-electron chi connectivity index (χ4n) is 8.99. The van der Waals surface area contributed by atoms with Crippen LogP contribution >= 0.6 is 0 Å². The number of para-hydroxylation sites is 1. The Kier molecular flexibility index (Phi) is 15.4. The van der Waals surface area contributed by atoms with Gasteiger partial charge in [-0.1, -0.05) is 54.6 Å². The van der Waals surface area contributed by atoms with E-state index in [2.05, 4.69) is 137 Å². The van der Waals surface area contributed by atoms with Gasteiger partial charge in [0.25, 0.3) is 0 Å². The molecule has 0 aromatic heterocycles. The number of hydrogen-bond acceptors (Lipinski definition) is 11. The molecule has 1 atom stereocenters. The van der Waals surface area contributed by atoms with E-state index in [1.165, 1.54) is 5.56 Å². The summed E-state index contributed by atoms with van der Waals surface area (Å²) in [5.41, 5.74) is 5.23. The van der Waals surface area contributed by atoms with Gasteiger partial charge in [-0.2, -0.15) is 0 Å². The first-order chi connectivity index (χ1) is 29.6. The van der Waals surface area contributed by atoms with Crippen LogP contribution < -0.4 is 14.5 Å². The van der Waals surface area contributed by atoms with E-state index >= 15 is 0 Å². The van der Waals surface area contributed by atoms with Crippen molar-refractivity contribution < 1.29 is 37.4 Å². The topological polar surface area (TPSA) is 108 Å². The molecule has 62 heavy (non-hydrogen) atoms. The molecule has 2 heterocycles. The normalized spacial score (nSPS) is 16.6. The summed E-state index contributed by atoms with van der Waals surface area (Å²) in [6, 6.07) is 29.5. The highest BCUT2D eigenvalue weighted by atomic mass is 28.4. The fourth-order valence-corrected chi connectivity index (χ4v) is 17.8. The number of nitrogens with zero attached hydrogens (tertiary/aromatic N) is 3. The lowest BCUT2D eigenvalue weighted by atomic mass is 9.77. The molecule has 11 nitrogen and oxygen atoms in total. The third-order valence-corrected chi connectivity index (χ3v) is 19.8. The average Bonchev–Trinajstić information content (AvgIpc) is 3.41. The predicted octanol–water partition coefficient (Wildman–Crippen LogP) is 10.3. The minimum atomic E-state index is -1.78. The van der Waals surface area contributed by atoms with Gasteiger partial charge in [-0.3, -0.25) is 14.6 Å². The van der Waals surface area contributed by atoms with E-state index in [1.807, 2.05) is 12.3 Å². The molecule has 1 unspecified atom stereocenters. The molecule has 0 amide bonds. The highest BCUT2D eigenvalue weighted by Gasteiger charge is 2.58. The van der Waals surface area contributed by atoms with E-state index in [0.29, 0.717) is 19.8 Å². The molecule has 0 saturated carbocycles. The Labute approximate surface area is 370 Å². The number of ether oxygens (including phenoxy) is 5. The first-order valence-corrected chi connectivity index (χ1v) is 28.4. The Morgan fingerprint density at radius 3 is 2.08 bits per heavy atom. The van der Waals surface area contributed by atoms with Crippen molar-refractivity contribution in [1.82, 2.24) is 0 Å². The maximum Gasteiger partial charge on any atom is 0.306 e. The molecule has 0 radical (unpaired) electrons. The molecule has 0 aliphatic carbocycles. The van der Waals surface area contributed by atoms with E-state index in [-0.39, 0.29) is 31.5 Å². The van der Waals surface area contributed by atoms with Gasteiger partial charge < -0.3 is 37.6 Å². The number of likely N-dealkylation sites (N-methyl/N-ethyl adjacent to an activating group) is 2. The highest BCUT2D eigenvalue weighted by molar-refractivity contribution is 6.84. The summed E-state index contributed by atoms with van der Waals surface area (Å²) < 4.78 is 35.5. The van der Waals surface area contributed by atoms with E-state index in [0.717, 1.165) is 82.8 Å². The summed E-state index contributed by atoms with van der Waals surface area (Å²) in [5, 5.41) is 2.11. The third-order valence-electron chi connectivity index (χ3n) is 12.3. The second kappa shape index (κ2) is 20.3. The predicted molar refractivity (Wildman–Crippen MR) is 255 cm³/mol. The van der Waals surface area contributed by atoms with Crippen molar-refractivity contribution in [3.8, 4) is 16.9 Å². The Balaban J connectivity index is 0.939. The molecule has 1 spiro atoms. The van der Waals surface area contributed by atoms with Crippen LogP contribution in [0.2, 0.25) is 38.3 Å². The van der Waals surface area contributed by atoms with Crippen LogP contribution in [0, 0.1) is 0 Å². The van der Waals surface area contributed by atoms with E-state index in [1.54, 1.807) is 7.11 Å². The zero-order valence-corrected chi connectivity index (χ0v) is 40.4. The molecule has 0 saturated heterocycles. The molecule has 334 valence electrons. The quantitative estimate of drug-likeness (QED) is 0.0430. The van der Waals surface area contributed by atoms with Gasteiger partial charge in [0.05, 0.1) is 37.6 Å². The number of hydrogen-bond donors (Lipinski definition) is 0. The van der Waals surface area contributed by atoms with Gasteiger partial charge in [0.15, 0.2) is 22.4 Å². The van der Waals surface area contributed by atoms with Crippen LogP contribution in [0.4, 0.5) is 17.1 Å². The number of anilines is 2. The van der Waals surface area contributed by atoms with Crippen molar-refractivity contribution >= 4 is 62.6 Å². The Bertz CT molecular complexity index is 2190. The van der Waals surface area contributed by atoms with Crippen molar-refractivity contribution in [1.29, 1.82) is 0 Å². The number of carbonyl (C=O) groups excluding carboxylic acids is 2. The average molecular weight is 882 g/mol. The van der Waals surface area contributed by atoms with E-state index in [9.17, 15) is 9.59 Å². The number of rotatable bonds is 22. The van der Waals surface area contributed by atoms with Crippen LogP contribution in [0.15, 0.2) is 83.9 Å². The third kappa shape index (κ3) is 10.8. The number of methoxy groups -OCH3 is 1. The second-order valence-corrected chi connectivity index (χ2v) is 26.9. The first kappa shape index (κ1) is 47.0. The molecule has 6 rings (SSSR count). The summed E-state index contributed by atoms with van der Waals surface area (Å²) in [7, 11) is 0.334. The summed E-state index contributed by atoms with van der Waals surface area (Å²) >= 11 is 0. The summed E-state index contributed by atoms with van der Waals surface area (Å²) in [6.07, 6.45) is 3.87. The minimum Gasteiger partial charge on any atom is -0.464 e. The Morgan fingerprint density at radius 1 is 0.790 bits per heavy atom. The standard InChI is InChI=1S/C49H67N3O8Si2/c1-10-52(27-30-57-45(53)25-26-46(54)58-32-31-56-29-16-34-62(8,9)60-61(6,7)33-15-28-55-5)38-23-21-37(22-24-38)41-35-43-47(40-18-12-11-17-39(40)41)59-49(36-50-43)48(2,3)42-19-13-14-20-44(42)51(49)4/h11-14,17-24,35-36H,10,15-16,25-34H2,1-9H3. The van der Waals surface area contributed by atoms with Crippen LogP contribution in [0.25, 0.3) is 21.9 Å². The first-order valence-electron chi connectivity index (χ1n) is 22.2. The molecule has 0 bridgehead atoms. The summed E-state index contributed by atoms with van der Waals surface area (Å²) in [4.78, 5) is 34.3. The number of fused-ring (bicyclic) bond motifs is 4. The van der Waals surface area contributed by atoms with Crippen molar-refractivity contribution in [3.05, 3.63) is 84.4 Å². The Hall–Kier alpha value is -4.54. The van der Waals surface area contributed by atoms with Crippen LogP contribution in [0.3, 0.4) is 0 Å². The Morgan fingerprint density at radius 2 is 1.42 bits per heavy atom. The van der Waals surface area contributed by atoms with Gasteiger partial charge in [0, 0.05) is 50.7 Å². The molecule has 13 heteroatoms. The lowest BCUT2D eigenvalue weighted by Crippen LogP contribution is -2.61. The van der Waals surface area contributed by atoms with Crippen LogP contribution in [-0.4, -0.2) is 101 Å². The fraction of sp³-hybridized carbons (Fsp3) is 0.490. The number of benzene rings is 4. The minimum absolute atomic E-state index is 0.0295. The lowest BCUT2D eigenvalue weighted by Gasteiger charge is -2.45. The van der Waals surface area contributed by atoms with E-state index in [4.69, 9.17) is 32.8 Å². The summed E-state index contributed by atoms with van der Waals surface area (Å²) in [6.45, 7) is 19.0. The van der Waals surface area contributed by atoms with Crippen molar-refractivity contribution in [2.45, 2.75) is 95.9 Å². The molecule has 2 aliphatic rings. The molecule has 4 aromatic carbocycles.